The number of amides is 4. The Bertz CT molecular complexity index is 760. The van der Waals surface area contributed by atoms with Crippen LogP contribution in [0.5, 0.6) is 0 Å². The van der Waals surface area contributed by atoms with Gasteiger partial charge in [-0.05, 0) is 43.3 Å². The van der Waals surface area contributed by atoms with Crippen molar-refractivity contribution in [2.45, 2.75) is 26.3 Å². The van der Waals surface area contributed by atoms with Crippen molar-refractivity contribution in [2.24, 2.45) is 0 Å². The van der Waals surface area contributed by atoms with Gasteiger partial charge in [-0.25, -0.2) is 4.79 Å². The lowest BCUT2D eigenvalue weighted by Crippen LogP contribution is -2.41. The summed E-state index contributed by atoms with van der Waals surface area (Å²) in [5, 5.41) is 10.7. The number of urea groups is 1. The van der Waals surface area contributed by atoms with Gasteiger partial charge in [-0.2, -0.15) is 0 Å². The van der Waals surface area contributed by atoms with Crippen LogP contribution in [0.4, 0.5) is 21.9 Å². The third-order valence-electron chi connectivity index (χ3n) is 3.53. The fourth-order valence-electron chi connectivity index (χ4n) is 2.11. The molecular weight excluding hydrogens is 332 g/mol. The van der Waals surface area contributed by atoms with Gasteiger partial charge in [0.2, 0.25) is 11.8 Å². The highest BCUT2D eigenvalue weighted by atomic mass is 16.2. The third kappa shape index (κ3) is 5.94. The van der Waals surface area contributed by atoms with Crippen LogP contribution in [0.3, 0.4) is 0 Å². The summed E-state index contributed by atoms with van der Waals surface area (Å²) in [5.41, 5.74) is 1.85. The van der Waals surface area contributed by atoms with Gasteiger partial charge in [0.05, 0.1) is 0 Å². The minimum atomic E-state index is -0.628. The van der Waals surface area contributed by atoms with Crippen LogP contribution in [0.15, 0.2) is 54.6 Å². The summed E-state index contributed by atoms with van der Waals surface area (Å²) in [6.45, 7) is 3.34. The molecule has 0 bridgehead atoms. The Kier molecular flexibility index (Phi) is 6.73. The Balaban J connectivity index is 1.86. The summed E-state index contributed by atoms with van der Waals surface area (Å²) in [5.74, 6) is -0.494. The summed E-state index contributed by atoms with van der Waals surface area (Å²) >= 11 is 0. The molecule has 0 aliphatic carbocycles. The second-order valence-corrected chi connectivity index (χ2v) is 5.65. The second kappa shape index (κ2) is 9.22. The van der Waals surface area contributed by atoms with Crippen LogP contribution < -0.4 is 21.3 Å². The largest absolute Gasteiger partial charge is 0.345 e. The summed E-state index contributed by atoms with van der Waals surface area (Å²) in [6.07, 6.45) is 0.322. The van der Waals surface area contributed by atoms with E-state index in [4.69, 9.17) is 0 Å². The van der Waals surface area contributed by atoms with E-state index in [0.717, 1.165) is 0 Å². The molecule has 0 aliphatic heterocycles. The highest BCUT2D eigenvalue weighted by Gasteiger charge is 2.14. The van der Waals surface area contributed by atoms with Gasteiger partial charge in [-0.1, -0.05) is 25.1 Å². The SMILES string of the molecule is CCC(=O)NC(C)C(=O)Nc1ccc(NC(=O)Nc2ccccc2)cc1. The molecule has 1 unspecified atom stereocenters. The van der Waals surface area contributed by atoms with E-state index in [9.17, 15) is 14.4 Å². The molecule has 0 saturated heterocycles. The highest BCUT2D eigenvalue weighted by Crippen LogP contribution is 2.14. The van der Waals surface area contributed by atoms with Crippen molar-refractivity contribution in [3.05, 3.63) is 54.6 Å². The molecule has 136 valence electrons. The molecule has 2 rings (SSSR count). The molecule has 0 fully saturated rings. The van der Waals surface area contributed by atoms with E-state index in [2.05, 4.69) is 21.3 Å². The average molecular weight is 354 g/mol. The molecule has 4 N–H and O–H groups in total. The summed E-state index contributed by atoms with van der Waals surface area (Å²) in [7, 11) is 0. The monoisotopic (exact) mass is 354 g/mol. The van der Waals surface area contributed by atoms with Crippen molar-refractivity contribution >= 4 is 34.9 Å². The molecule has 4 amide bonds. The van der Waals surface area contributed by atoms with Gasteiger partial charge >= 0.3 is 6.03 Å². The molecule has 2 aromatic rings. The molecule has 0 spiro atoms. The van der Waals surface area contributed by atoms with Crippen LogP contribution in [-0.2, 0) is 9.59 Å². The number of carbonyl (C=O) groups excluding carboxylic acids is 3. The number of rotatable bonds is 6. The topological polar surface area (TPSA) is 99.3 Å². The van der Waals surface area contributed by atoms with Gasteiger partial charge < -0.3 is 21.3 Å². The summed E-state index contributed by atoms with van der Waals surface area (Å²) < 4.78 is 0. The van der Waals surface area contributed by atoms with Crippen molar-refractivity contribution in [3.63, 3.8) is 0 Å². The molecule has 0 aliphatic rings. The molecule has 26 heavy (non-hydrogen) atoms. The van der Waals surface area contributed by atoms with Crippen molar-refractivity contribution in [1.29, 1.82) is 0 Å². The summed E-state index contributed by atoms with van der Waals surface area (Å²) in [6, 6.07) is 14.8. The van der Waals surface area contributed by atoms with E-state index >= 15 is 0 Å². The van der Waals surface area contributed by atoms with Crippen molar-refractivity contribution < 1.29 is 14.4 Å². The van der Waals surface area contributed by atoms with Gasteiger partial charge in [0, 0.05) is 23.5 Å². The van der Waals surface area contributed by atoms with Crippen LogP contribution in [-0.4, -0.2) is 23.9 Å². The lowest BCUT2D eigenvalue weighted by Gasteiger charge is -2.14. The minimum Gasteiger partial charge on any atom is -0.345 e. The Morgan fingerprint density at radius 1 is 0.808 bits per heavy atom. The van der Waals surface area contributed by atoms with Gasteiger partial charge in [-0.3, -0.25) is 9.59 Å². The number of anilines is 3. The van der Waals surface area contributed by atoms with Crippen LogP contribution in [0.25, 0.3) is 0 Å². The molecule has 0 saturated carbocycles. The zero-order chi connectivity index (χ0) is 18.9. The third-order valence-corrected chi connectivity index (χ3v) is 3.53. The zero-order valence-corrected chi connectivity index (χ0v) is 14.7. The van der Waals surface area contributed by atoms with Crippen LogP contribution in [0.1, 0.15) is 20.3 Å². The second-order valence-electron chi connectivity index (χ2n) is 5.65. The average Bonchev–Trinajstić information content (AvgIpc) is 2.63. The van der Waals surface area contributed by atoms with Crippen molar-refractivity contribution in [2.75, 3.05) is 16.0 Å². The first-order valence-corrected chi connectivity index (χ1v) is 8.31. The number of carbonyl (C=O) groups is 3. The van der Waals surface area contributed by atoms with Crippen molar-refractivity contribution in [1.82, 2.24) is 5.32 Å². The molecular formula is C19H22N4O3. The lowest BCUT2D eigenvalue weighted by molar-refractivity contribution is -0.125. The number of para-hydroxylation sites is 1. The maximum absolute atomic E-state index is 12.0. The first-order chi connectivity index (χ1) is 12.5. The highest BCUT2D eigenvalue weighted by molar-refractivity contribution is 6.00. The normalized spacial score (nSPS) is 11.2. The molecule has 1 atom stereocenters. The molecule has 2 aromatic carbocycles. The lowest BCUT2D eigenvalue weighted by atomic mass is 10.2. The smallest absolute Gasteiger partial charge is 0.323 e. The van der Waals surface area contributed by atoms with Gasteiger partial charge in [0.15, 0.2) is 0 Å². The standard InChI is InChI=1S/C19H22N4O3/c1-3-17(24)20-13(2)18(25)21-15-9-11-16(12-10-15)23-19(26)22-14-7-5-4-6-8-14/h4-13H,3H2,1-2H3,(H,20,24)(H,21,25)(H2,22,23,26). The van der Waals surface area contributed by atoms with E-state index in [1.807, 2.05) is 18.2 Å². The van der Waals surface area contributed by atoms with E-state index < -0.39 is 6.04 Å². The first kappa shape index (κ1) is 19.0. The first-order valence-electron chi connectivity index (χ1n) is 8.31. The van der Waals surface area contributed by atoms with E-state index in [1.165, 1.54) is 0 Å². The van der Waals surface area contributed by atoms with Gasteiger partial charge in [0.25, 0.3) is 0 Å². The fraction of sp³-hybridized carbons (Fsp3) is 0.211. The predicted molar refractivity (Wildman–Crippen MR) is 102 cm³/mol. The predicted octanol–water partition coefficient (Wildman–Crippen LogP) is 3.18. The molecule has 7 nitrogen and oxygen atoms in total. The Labute approximate surface area is 152 Å². The number of hydrogen-bond donors (Lipinski definition) is 4. The maximum atomic E-state index is 12.0. The maximum Gasteiger partial charge on any atom is 0.323 e. The molecule has 0 heterocycles. The van der Waals surface area contributed by atoms with Crippen LogP contribution >= 0.6 is 0 Å². The van der Waals surface area contributed by atoms with E-state index in [1.54, 1.807) is 50.2 Å². The number of benzene rings is 2. The van der Waals surface area contributed by atoms with Crippen LogP contribution in [0, 0.1) is 0 Å². The van der Waals surface area contributed by atoms with E-state index in [0.29, 0.717) is 23.5 Å². The summed E-state index contributed by atoms with van der Waals surface area (Å²) in [4.78, 5) is 35.3. The van der Waals surface area contributed by atoms with Gasteiger partial charge in [0.1, 0.15) is 6.04 Å². The number of nitrogens with one attached hydrogen (secondary N) is 4. The fourth-order valence-corrected chi connectivity index (χ4v) is 2.11. The van der Waals surface area contributed by atoms with E-state index in [-0.39, 0.29) is 17.8 Å². The van der Waals surface area contributed by atoms with Crippen molar-refractivity contribution in [3.8, 4) is 0 Å². The number of hydrogen-bond acceptors (Lipinski definition) is 3. The quantitative estimate of drug-likeness (QED) is 0.641. The Morgan fingerprint density at radius 2 is 1.31 bits per heavy atom. The Hall–Kier alpha value is -3.35. The van der Waals surface area contributed by atoms with Crippen LogP contribution in [0.2, 0.25) is 0 Å². The zero-order valence-electron chi connectivity index (χ0n) is 14.7. The molecule has 0 aromatic heterocycles. The molecule has 0 radical (unpaired) electrons. The Morgan fingerprint density at radius 3 is 1.85 bits per heavy atom. The molecule has 7 heteroatoms. The minimum absolute atomic E-state index is 0.184. The van der Waals surface area contributed by atoms with Gasteiger partial charge in [-0.15, -0.1) is 0 Å².